The molecule has 9 heteroatoms. The number of hydrogen-bond acceptors (Lipinski definition) is 6. The number of aromatic nitrogens is 3. The molecule has 2 rings (SSSR count). The number of nitrogens with zero attached hydrogens (tertiary/aromatic N) is 2. The zero-order valence-electron chi connectivity index (χ0n) is 9.74. The third-order valence-electron chi connectivity index (χ3n) is 2.16. The Morgan fingerprint density at radius 1 is 1.53 bits per heavy atom. The SMILES string of the molecule is Cn1[nH]c(=O)c(=O)nc1SCc1ccc(C(=O)O)o1. The van der Waals surface area contributed by atoms with Gasteiger partial charge in [-0.2, -0.15) is 4.98 Å². The highest BCUT2D eigenvalue weighted by atomic mass is 32.2. The van der Waals surface area contributed by atoms with E-state index in [9.17, 15) is 14.4 Å². The third kappa shape index (κ3) is 2.94. The van der Waals surface area contributed by atoms with Gasteiger partial charge in [0.25, 0.3) is 0 Å². The fraction of sp³-hybridized carbons (Fsp3) is 0.200. The van der Waals surface area contributed by atoms with Crippen molar-refractivity contribution in [3.05, 3.63) is 44.4 Å². The van der Waals surface area contributed by atoms with Crippen LogP contribution in [0.25, 0.3) is 0 Å². The third-order valence-corrected chi connectivity index (χ3v) is 3.22. The lowest BCUT2D eigenvalue weighted by atomic mass is 10.4. The van der Waals surface area contributed by atoms with Gasteiger partial charge in [0.2, 0.25) is 5.76 Å². The Balaban J connectivity index is 2.14. The molecule has 2 N–H and O–H groups in total. The highest BCUT2D eigenvalue weighted by Gasteiger charge is 2.10. The number of aromatic carboxylic acids is 1. The maximum atomic E-state index is 11.1. The second-order valence-electron chi connectivity index (χ2n) is 3.56. The van der Waals surface area contributed by atoms with E-state index < -0.39 is 17.1 Å². The zero-order valence-corrected chi connectivity index (χ0v) is 10.6. The van der Waals surface area contributed by atoms with Gasteiger partial charge >= 0.3 is 17.1 Å². The van der Waals surface area contributed by atoms with Crippen LogP contribution in [0.5, 0.6) is 0 Å². The summed E-state index contributed by atoms with van der Waals surface area (Å²) in [4.78, 5) is 36.3. The molecule has 0 aromatic carbocycles. The van der Waals surface area contributed by atoms with Gasteiger partial charge < -0.3 is 9.52 Å². The van der Waals surface area contributed by atoms with Gasteiger partial charge in [-0.1, -0.05) is 11.8 Å². The minimum Gasteiger partial charge on any atom is -0.475 e. The van der Waals surface area contributed by atoms with Crippen molar-refractivity contribution in [1.82, 2.24) is 14.8 Å². The molecule has 0 saturated heterocycles. The summed E-state index contributed by atoms with van der Waals surface area (Å²) in [5.74, 6) is -0.577. The average Bonchev–Trinajstić information content (AvgIpc) is 2.81. The summed E-state index contributed by atoms with van der Waals surface area (Å²) >= 11 is 1.14. The highest BCUT2D eigenvalue weighted by molar-refractivity contribution is 7.98. The Bertz CT molecular complexity index is 729. The summed E-state index contributed by atoms with van der Waals surface area (Å²) in [5.41, 5.74) is -1.66. The van der Waals surface area contributed by atoms with E-state index in [1.807, 2.05) is 0 Å². The molecule has 2 aromatic heterocycles. The molecule has 0 radical (unpaired) electrons. The zero-order chi connectivity index (χ0) is 14.0. The number of carboxylic acid groups (broad SMARTS) is 1. The largest absolute Gasteiger partial charge is 0.475 e. The number of carbonyl (C=O) groups is 1. The van der Waals surface area contributed by atoms with Gasteiger partial charge in [0.1, 0.15) is 5.76 Å². The van der Waals surface area contributed by atoms with Gasteiger partial charge in [-0.3, -0.25) is 19.4 Å². The van der Waals surface area contributed by atoms with Crippen molar-refractivity contribution in [2.24, 2.45) is 7.05 Å². The minimum atomic E-state index is -1.15. The van der Waals surface area contributed by atoms with Crippen molar-refractivity contribution in [3.8, 4) is 0 Å². The Morgan fingerprint density at radius 3 is 2.89 bits per heavy atom. The Kier molecular flexibility index (Phi) is 3.56. The normalized spacial score (nSPS) is 10.6. The molecule has 0 saturated carbocycles. The molecule has 0 spiro atoms. The average molecular weight is 283 g/mol. The molecule has 0 amide bonds. The topological polar surface area (TPSA) is 118 Å². The molecule has 100 valence electrons. The van der Waals surface area contributed by atoms with E-state index in [-0.39, 0.29) is 5.76 Å². The first-order valence-corrected chi connectivity index (χ1v) is 6.08. The van der Waals surface area contributed by atoms with Crippen LogP contribution < -0.4 is 11.1 Å². The van der Waals surface area contributed by atoms with Crippen LogP contribution in [0.15, 0.2) is 31.3 Å². The van der Waals surface area contributed by atoms with Gasteiger partial charge in [-0.15, -0.1) is 0 Å². The van der Waals surface area contributed by atoms with Crippen LogP contribution in [0.4, 0.5) is 0 Å². The number of aryl methyl sites for hydroxylation is 1. The van der Waals surface area contributed by atoms with Crippen LogP contribution >= 0.6 is 11.8 Å². The van der Waals surface area contributed by atoms with Gasteiger partial charge in [0.15, 0.2) is 5.16 Å². The van der Waals surface area contributed by atoms with Crippen LogP contribution in [-0.4, -0.2) is 25.8 Å². The van der Waals surface area contributed by atoms with Crippen molar-refractivity contribution < 1.29 is 14.3 Å². The second-order valence-corrected chi connectivity index (χ2v) is 4.50. The van der Waals surface area contributed by atoms with Crippen molar-refractivity contribution in [3.63, 3.8) is 0 Å². The lowest BCUT2D eigenvalue weighted by Crippen LogP contribution is -2.33. The summed E-state index contributed by atoms with van der Waals surface area (Å²) in [7, 11) is 1.54. The predicted molar refractivity (Wildman–Crippen MR) is 65.3 cm³/mol. The van der Waals surface area contributed by atoms with Gasteiger partial charge in [-0.25, -0.2) is 4.79 Å². The number of carboxylic acids is 1. The Labute approximate surface area is 110 Å². The number of rotatable bonds is 4. The quantitative estimate of drug-likeness (QED) is 0.601. The Morgan fingerprint density at radius 2 is 2.26 bits per heavy atom. The number of furan rings is 1. The first kappa shape index (κ1) is 13.1. The van der Waals surface area contributed by atoms with E-state index in [1.165, 1.54) is 16.8 Å². The monoisotopic (exact) mass is 283 g/mol. The molecular weight excluding hydrogens is 274 g/mol. The summed E-state index contributed by atoms with van der Waals surface area (Å²) in [6.07, 6.45) is 0. The van der Waals surface area contributed by atoms with E-state index in [1.54, 1.807) is 7.05 Å². The van der Waals surface area contributed by atoms with Crippen LogP contribution in [0.2, 0.25) is 0 Å². The van der Waals surface area contributed by atoms with Crippen LogP contribution in [-0.2, 0) is 12.8 Å². The lowest BCUT2D eigenvalue weighted by molar-refractivity contribution is 0.0661. The van der Waals surface area contributed by atoms with E-state index in [0.717, 1.165) is 11.8 Å². The van der Waals surface area contributed by atoms with Crippen LogP contribution in [0, 0.1) is 0 Å². The molecule has 0 bridgehead atoms. The predicted octanol–water partition coefficient (Wildman–Crippen LogP) is 0.0521. The maximum Gasteiger partial charge on any atom is 0.371 e. The standard InChI is InChI=1S/C10H9N3O5S/c1-13-10(11-7(14)8(15)12-13)19-4-5-2-3-6(18-5)9(16)17/h2-3H,4H2,1H3,(H,12,15)(H,16,17). The molecule has 0 fully saturated rings. The molecule has 0 aliphatic carbocycles. The highest BCUT2D eigenvalue weighted by Crippen LogP contribution is 2.20. The number of nitrogens with one attached hydrogen (secondary N) is 1. The molecule has 0 unspecified atom stereocenters. The summed E-state index contributed by atoms with van der Waals surface area (Å²) in [6.45, 7) is 0. The number of aromatic amines is 1. The number of H-pyrrole nitrogens is 1. The summed E-state index contributed by atoms with van der Waals surface area (Å²) < 4.78 is 6.37. The molecule has 2 aromatic rings. The van der Waals surface area contributed by atoms with Gasteiger partial charge in [-0.05, 0) is 12.1 Å². The minimum absolute atomic E-state index is 0.154. The molecule has 0 aliphatic rings. The second kappa shape index (κ2) is 5.14. The van der Waals surface area contributed by atoms with E-state index in [0.29, 0.717) is 16.7 Å². The van der Waals surface area contributed by atoms with Crippen molar-refractivity contribution in [2.45, 2.75) is 10.9 Å². The molecular formula is C10H9N3O5S. The fourth-order valence-electron chi connectivity index (χ4n) is 1.30. The molecule has 0 aliphatic heterocycles. The maximum absolute atomic E-state index is 11.1. The number of hydrogen-bond donors (Lipinski definition) is 2. The van der Waals surface area contributed by atoms with Gasteiger partial charge in [0.05, 0.1) is 5.75 Å². The van der Waals surface area contributed by atoms with E-state index in [2.05, 4.69) is 10.1 Å². The van der Waals surface area contributed by atoms with Crippen LogP contribution in [0.3, 0.4) is 0 Å². The summed E-state index contributed by atoms with van der Waals surface area (Å²) in [6, 6.07) is 2.87. The first-order valence-electron chi connectivity index (χ1n) is 5.09. The van der Waals surface area contributed by atoms with Crippen molar-refractivity contribution in [1.29, 1.82) is 0 Å². The van der Waals surface area contributed by atoms with Crippen molar-refractivity contribution >= 4 is 17.7 Å². The molecule has 2 heterocycles. The smallest absolute Gasteiger partial charge is 0.371 e. The van der Waals surface area contributed by atoms with Gasteiger partial charge in [0, 0.05) is 7.05 Å². The molecule has 8 nitrogen and oxygen atoms in total. The van der Waals surface area contributed by atoms with Crippen molar-refractivity contribution in [2.75, 3.05) is 0 Å². The van der Waals surface area contributed by atoms with E-state index in [4.69, 9.17) is 9.52 Å². The summed E-state index contributed by atoms with van der Waals surface area (Å²) in [5, 5.41) is 11.3. The Hall–Kier alpha value is -2.29. The molecule has 19 heavy (non-hydrogen) atoms. The van der Waals surface area contributed by atoms with E-state index >= 15 is 0 Å². The lowest BCUT2D eigenvalue weighted by Gasteiger charge is -2.04. The molecule has 0 atom stereocenters. The fourth-order valence-corrected chi connectivity index (χ4v) is 2.11. The number of thioether (sulfide) groups is 1. The van der Waals surface area contributed by atoms with Crippen LogP contribution in [0.1, 0.15) is 16.3 Å². The first-order chi connectivity index (χ1) is 8.97.